The Morgan fingerprint density at radius 2 is 2.00 bits per heavy atom. The highest BCUT2D eigenvalue weighted by Crippen LogP contribution is 2.19. The lowest BCUT2D eigenvalue weighted by Crippen LogP contribution is -2.41. The van der Waals surface area contributed by atoms with Crippen molar-refractivity contribution >= 4 is 5.96 Å². The fourth-order valence-corrected chi connectivity index (χ4v) is 2.64. The standard InChI is InChI=1S/C20H31N5O2/c1-15(2)14-25-10-9-22-19(25)13-24-20(21-4)23-12-16(3)27-18-8-6-7-17(11-18)26-5/h6-11,15-16H,12-14H2,1-5H3,(H2,21,23,24). The molecule has 7 heteroatoms. The smallest absolute Gasteiger partial charge is 0.191 e. The third-order valence-corrected chi connectivity index (χ3v) is 3.94. The van der Waals surface area contributed by atoms with Crippen LogP contribution in [0.1, 0.15) is 26.6 Å². The van der Waals surface area contributed by atoms with E-state index in [9.17, 15) is 0 Å². The molecule has 0 amide bonds. The molecule has 2 rings (SSSR count). The molecule has 1 heterocycles. The molecule has 0 aliphatic rings. The lowest BCUT2D eigenvalue weighted by Gasteiger charge is -2.18. The van der Waals surface area contributed by atoms with E-state index in [1.165, 1.54) is 0 Å². The number of aromatic nitrogens is 2. The van der Waals surface area contributed by atoms with Crippen LogP contribution in [0.5, 0.6) is 11.5 Å². The Hall–Kier alpha value is -2.70. The number of guanidine groups is 1. The van der Waals surface area contributed by atoms with Gasteiger partial charge in [-0.3, -0.25) is 4.99 Å². The molecule has 0 aliphatic carbocycles. The Bertz CT molecular complexity index is 727. The van der Waals surface area contributed by atoms with Crippen molar-refractivity contribution in [1.82, 2.24) is 20.2 Å². The number of ether oxygens (including phenoxy) is 2. The molecule has 1 unspecified atom stereocenters. The van der Waals surface area contributed by atoms with Crippen molar-refractivity contribution < 1.29 is 9.47 Å². The van der Waals surface area contributed by atoms with Crippen LogP contribution >= 0.6 is 0 Å². The molecular formula is C20H31N5O2. The molecule has 1 atom stereocenters. The van der Waals surface area contributed by atoms with Crippen LogP contribution in [0.4, 0.5) is 0 Å². The van der Waals surface area contributed by atoms with Gasteiger partial charge in [-0.1, -0.05) is 19.9 Å². The number of nitrogens with zero attached hydrogens (tertiary/aromatic N) is 3. The van der Waals surface area contributed by atoms with Crippen molar-refractivity contribution in [3.05, 3.63) is 42.5 Å². The summed E-state index contributed by atoms with van der Waals surface area (Å²) >= 11 is 0. The summed E-state index contributed by atoms with van der Waals surface area (Å²) in [5.41, 5.74) is 0. The average Bonchev–Trinajstić information content (AvgIpc) is 3.08. The highest BCUT2D eigenvalue weighted by atomic mass is 16.5. The van der Waals surface area contributed by atoms with Crippen LogP contribution in [0.3, 0.4) is 0 Å². The van der Waals surface area contributed by atoms with E-state index in [0.29, 0.717) is 19.0 Å². The maximum Gasteiger partial charge on any atom is 0.191 e. The molecular weight excluding hydrogens is 342 g/mol. The molecule has 148 valence electrons. The molecule has 0 saturated carbocycles. The highest BCUT2D eigenvalue weighted by molar-refractivity contribution is 5.79. The van der Waals surface area contributed by atoms with Crippen molar-refractivity contribution in [2.24, 2.45) is 10.9 Å². The SMILES string of the molecule is CN=C(NCc1nccn1CC(C)C)NCC(C)Oc1cccc(OC)c1. The van der Waals surface area contributed by atoms with Gasteiger partial charge in [-0.05, 0) is 25.0 Å². The predicted molar refractivity (Wildman–Crippen MR) is 108 cm³/mol. The second-order valence-corrected chi connectivity index (χ2v) is 6.80. The van der Waals surface area contributed by atoms with Crippen LogP contribution in [0.25, 0.3) is 0 Å². The zero-order valence-corrected chi connectivity index (χ0v) is 16.9. The van der Waals surface area contributed by atoms with Gasteiger partial charge in [0.15, 0.2) is 5.96 Å². The second kappa shape index (κ2) is 10.4. The zero-order valence-electron chi connectivity index (χ0n) is 16.9. The van der Waals surface area contributed by atoms with Gasteiger partial charge < -0.3 is 24.7 Å². The minimum Gasteiger partial charge on any atom is -0.497 e. The number of imidazole rings is 1. The van der Waals surface area contributed by atoms with Crippen LogP contribution in [-0.2, 0) is 13.1 Å². The summed E-state index contributed by atoms with van der Waals surface area (Å²) in [5.74, 6) is 3.84. The molecule has 7 nitrogen and oxygen atoms in total. The van der Waals surface area contributed by atoms with E-state index >= 15 is 0 Å². The molecule has 2 aromatic rings. The lowest BCUT2D eigenvalue weighted by molar-refractivity contribution is 0.223. The molecule has 2 N–H and O–H groups in total. The third kappa shape index (κ3) is 6.84. The fraction of sp³-hybridized carbons (Fsp3) is 0.500. The quantitative estimate of drug-likeness (QED) is 0.522. The number of benzene rings is 1. The fourth-order valence-electron chi connectivity index (χ4n) is 2.64. The molecule has 0 radical (unpaired) electrons. The lowest BCUT2D eigenvalue weighted by atomic mass is 10.2. The number of hydrogen-bond donors (Lipinski definition) is 2. The van der Waals surface area contributed by atoms with Crippen LogP contribution < -0.4 is 20.1 Å². The molecule has 0 fully saturated rings. The summed E-state index contributed by atoms with van der Waals surface area (Å²) in [6.45, 7) is 8.59. The number of nitrogens with one attached hydrogen (secondary N) is 2. The average molecular weight is 374 g/mol. The van der Waals surface area contributed by atoms with Gasteiger partial charge in [-0.15, -0.1) is 0 Å². The van der Waals surface area contributed by atoms with Crippen LogP contribution in [0.2, 0.25) is 0 Å². The molecule has 0 saturated heterocycles. The Morgan fingerprint density at radius 3 is 2.70 bits per heavy atom. The largest absolute Gasteiger partial charge is 0.497 e. The van der Waals surface area contributed by atoms with E-state index < -0.39 is 0 Å². The van der Waals surface area contributed by atoms with Crippen LogP contribution in [0, 0.1) is 5.92 Å². The maximum atomic E-state index is 5.92. The Kier molecular flexibility index (Phi) is 7.98. The van der Waals surface area contributed by atoms with E-state index in [4.69, 9.17) is 9.47 Å². The van der Waals surface area contributed by atoms with Crippen molar-refractivity contribution in [1.29, 1.82) is 0 Å². The molecule has 0 aliphatic heterocycles. The molecule has 0 spiro atoms. The van der Waals surface area contributed by atoms with E-state index in [-0.39, 0.29) is 6.10 Å². The predicted octanol–water partition coefficient (Wildman–Crippen LogP) is 2.68. The van der Waals surface area contributed by atoms with E-state index in [1.54, 1.807) is 14.2 Å². The van der Waals surface area contributed by atoms with Gasteiger partial charge >= 0.3 is 0 Å². The normalized spacial score (nSPS) is 12.7. The first-order valence-corrected chi connectivity index (χ1v) is 9.27. The first-order valence-electron chi connectivity index (χ1n) is 9.27. The highest BCUT2D eigenvalue weighted by Gasteiger charge is 2.08. The first-order chi connectivity index (χ1) is 13.0. The minimum atomic E-state index is -0.0291. The van der Waals surface area contributed by atoms with E-state index in [1.807, 2.05) is 43.6 Å². The zero-order chi connectivity index (χ0) is 19.6. The summed E-state index contributed by atoms with van der Waals surface area (Å²) in [4.78, 5) is 8.69. The number of methoxy groups -OCH3 is 1. The van der Waals surface area contributed by atoms with Crippen molar-refractivity contribution in [3.8, 4) is 11.5 Å². The van der Waals surface area contributed by atoms with Gasteiger partial charge in [0.25, 0.3) is 0 Å². The van der Waals surface area contributed by atoms with E-state index in [0.717, 1.165) is 29.8 Å². The van der Waals surface area contributed by atoms with Crippen LogP contribution in [-0.4, -0.2) is 42.3 Å². The number of rotatable bonds is 9. The summed E-state index contributed by atoms with van der Waals surface area (Å²) in [6, 6.07) is 7.59. The van der Waals surface area contributed by atoms with Gasteiger partial charge in [-0.25, -0.2) is 4.98 Å². The topological polar surface area (TPSA) is 72.7 Å². The first kappa shape index (κ1) is 20.6. The van der Waals surface area contributed by atoms with Gasteiger partial charge in [0.1, 0.15) is 23.4 Å². The maximum absolute atomic E-state index is 5.92. The minimum absolute atomic E-state index is 0.0291. The molecule has 1 aromatic carbocycles. The second-order valence-electron chi connectivity index (χ2n) is 6.80. The number of hydrogen-bond acceptors (Lipinski definition) is 4. The summed E-state index contributed by atoms with van der Waals surface area (Å²) < 4.78 is 13.3. The summed E-state index contributed by atoms with van der Waals surface area (Å²) in [5, 5.41) is 6.59. The molecule has 1 aromatic heterocycles. The van der Waals surface area contributed by atoms with Gasteiger partial charge in [0.05, 0.1) is 20.2 Å². The summed E-state index contributed by atoms with van der Waals surface area (Å²) in [7, 11) is 3.40. The van der Waals surface area contributed by atoms with Gasteiger partial charge in [0, 0.05) is 32.1 Å². The monoisotopic (exact) mass is 373 g/mol. The van der Waals surface area contributed by atoms with E-state index in [2.05, 4.69) is 39.0 Å². The van der Waals surface area contributed by atoms with Crippen molar-refractivity contribution in [2.75, 3.05) is 20.7 Å². The third-order valence-electron chi connectivity index (χ3n) is 3.94. The molecule has 27 heavy (non-hydrogen) atoms. The Balaban J connectivity index is 1.80. The van der Waals surface area contributed by atoms with Gasteiger partial charge in [0.2, 0.25) is 0 Å². The Morgan fingerprint density at radius 1 is 1.22 bits per heavy atom. The van der Waals surface area contributed by atoms with Crippen molar-refractivity contribution in [2.45, 2.75) is 40.0 Å². The van der Waals surface area contributed by atoms with Gasteiger partial charge in [-0.2, -0.15) is 0 Å². The Labute approximate surface area is 161 Å². The van der Waals surface area contributed by atoms with Crippen LogP contribution in [0.15, 0.2) is 41.7 Å². The molecule has 0 bridgehead atoms. The summed E-state index contributed by atoms with van der Waals surface area (Å²) in [6.07, 6.45) is 3.82. The number of aliphatic imine (C=N–C) groups is 1. The van der Waals surface area contributed by atoms with Crippen molar-refractivity contribution in [3.63, 3.8) is 0 Å².